The van der Waals surface area contributed by atoms with E-state index in [4.69, 9.17) is 0 Å². The Bertz CT molecular complexity index is 920. The lowest BCUT2D eigenvalue weighted by Crippen LogP contribution is -2.34. The molecule has 2 aromatic carbocycles. The summed E-state index contributed by atoms with van der Waals surface area (Å²) in [5, 5.41) is 2.97. The maximum Gasteiger partial charge on any atom is 0.251 e. The lowest BCUT2D eigenvalue weighted by atomic mass is 10.1. The van der Waals surface area contributed by atoms with E-state index in [0.29, 0.717) is 25.2 Å². The van der Waals surface area contributed by atoms with Crippen LogP contribution in [0, 0.1) is 0 Å². The molecule has 6 nitrogen and oxygen atoms in total. The third-order valence-corrected chi connectivity index (χ3v) is 7.50. The number of nitrogens with zero attached hydrogens (tertiary/aromatic N) is 2. The first-order valence-corrected chi connectivity index (χ1v) is 11.9. The Morgan fingerprint density at radius 2 is 1.57 bits per heavy atom. The fourth-order valence-corrected chi connectivity index (χ4v) is 5.29. The van der Waals surface area contributed by atoms with E-state index in [-0.39, 0.29) is 16.8 Å². The number of hydrogen-bond acceptors (Lipinski definition) is 4. The molecule has 1 unspecified atom stereocenters. The van der Waals surface area contributed by atoms with Crippen molar-refractivity contribution in [1.29, 1.82) is 0 Å². The molecule has 162 valence electrons. The summed E-state index contributed by atoms with van der Waals surface area (Å²) in [6.07, 6.45) is 3.94. The zero-order valence-corrected chi connectivity index (χ0v) is 18.6. The molecule has 0 spiro atoms. The SMILES string of the molecule is CN(C)C(CNC(=O)c1ccc(S(=O)(=O)N2CCCCCC2)cc1)c1ccccc1. The van der Waals surface area contributed by atoms with E-state index in [1.807, 2.05) is 44.4 Å². The number of carbonyl (C=O) groups excluding carboxylic acids is 1. The van der Waals surface area contributed by atoms with Gasteiger partial charge in [-0.2, -0.15) is 4.31 Å². The van der Waals surface area contributed by atoms with Gasteiger partial charge < -0.3 is 10.2 Å². The van der Waals surface area contributed by atoms with Crippen LogP contribution in [0.2, 0.25) is 0 Å². The highest BCUT2D eigenvalue weighted by Gasteiger charge is 2.25. The van der Waals surface area contributed by atoms with Crippen LogP contribution in [-0.2, 0) is 10.0 Å². The molecule has 30 heavy (non-hydrogen) atoms. The first-order valence-electron chi connectivity index (χ1n) is 10.5. The van der Waals surface area contributed by atoms with Crippen LogP contribution in [0.3, 0.4) is 0 Å². The van der Waals surface area contributed by atoms with Crippen molar-refractivity contribution in [3.63, 3.8) is 0 Å². The van der Waals surface area contributed by atoms with Gasteiger partial charge in [-0.15, -0.1) is 0 Å². The van der Waals surface area contributed by atoms with Gasteiger partial charge in [0, 0.05) is 25.2 Å². The summed E-state index contributed by atoms with van der Waals surface area (Å²) in [4.78, 5) is 14.9. The van der Waals surface area contributed by atoms with Crippen molar-refractivity contribution in [1.82, 2.24) is 14.5 Å². The van der Waals surface area contributed by atoms with Gasteiger partial charge in [0.15, 0.2) is 0 Å². The van der Waals surface area contributed by atoms with Crippen molar-refractivity contribution < 1.29 is 13.2 Å². The zero-order valence-electron chi connectivity index (χ0n) is 17.8. The smallest absolute Gasteiger partial charge is 0.251 e. The number of rotatable bonds is 7. The molecule has 0 aromatic heterocycles. The average molecular weight is 430 g/mol. The summed E-state index contributed by atoms with van der Waals surface area (Å²) >= 11 is 0. The highest BCUT2D eigenvalue weighted by atomic mass is 32.2. The number of sulfonamides is 1. The quantitative estimate of drug-likeness (QED) is 0.733. The topological polar surface area (TPSA) is 69.7 Å². The van der Waals surface area contributed by atoms with Gasteiger partial charge in [-0.25, -0.2) is 8.42 Å². The van der Waals surface area contributed by atoms with Gasteiger partial charge in [-0.1, -0.05) is 43.2 Å². The molecule has 1 fully saturated rings. The van der Waals surface area contributed by atoms with E-state index >= 15 is 0 Å². The number of hydrogen-bond donors (Lipinski definition) is 1. The van der Waals surface area contributed by atoms with Gasteiger partial charge >= 0.3 is 0 Å². The van der Waals surface area contributed by atoms with E-state index < -0.39 is 10.0 Å². The second-order valence-electron chi connectivity index (χ2n) is 7.94. The van der Waals surface area contributed by atoms with Crippen LogP contribution in [0.5, 0.6) is 0 Å². The molecule has 1 amide bonds. The Morgan fingerprint density at radius 1 is 0.967 bits per heavy atom. The number of carbonyl (C=O) groups is 1. The highest BCUT2D eigenvalue weighted by Crippen LogP contribution is 2.21. The highest BCUT2D eigenvalue weighted by molar-refractivity contribution is 7.89. The van der Waals surface area contributed by atoms with E-state index in [9.17, 15) is 13.2 Å². The molecule has 3 rings (SSSR count). The molecule has 1 aliphatic rings. The monoisotopic (exact) mass is 429 g/mol. The molecule has 0 aliphatic carbocycles. The molecule has 1 atom stereocenters. The Labute approximate surface area is 179 Å². The van der Waals surface area contributed by atoms with Crippen molar-refractivity contribution in [2.45, 2.75) is 36.6 Å². The first kappa shape index (κ1) is 22.5. The Morgan fingerprint density at radius 3 is 2.13 bits per heavy atom. The second-order valence-corrected chi connectivity index (χ2v) is 9.88. The fraction of sp³-hybridized carbons (Fsp3) is 0.435. The molecule has 1 saturated heterocycles. The summed E-state index contributed by atoms with van der Waals surface area (Å²) in [6, 6.07) is 16.3. The maximum absolute atomic E-state index is 12.9. The summed E-state index contributed by atoms with van der Waals surface area (Å²) in [5.74, 6) is -0.212. The van der Waals surface area contributed by atoms with Crippen LogP contribution in [-0.4, -0.2) is 57.3 Å². The molecule has 0 radical (unpaired) electrons. The Balaban J connectivity index is 1.66. The third-order valence-electron chi connectivity index (χ3n) is 5.58. The van der Waals surface area contributed by atoms with Gasteiger partial charge in [0.05, 0.1) is 10.9 Å². The first-order chi connectivity index (χ1) is 14.4. The van der Waals surface area contributed by atoms with Gasteiger partial charge in [0.25, 0.3) is 5.91 Å². The summed E-state index contributed by atoms with van der Waals surface area (Å²) < 4.78 is 27.3. The lowest BCUT2D eigenvalue weighted by molar-refractivity contribution is 0.0942. The Hall–Kier alpha value is -2.22. The number of nitrogens with one attached hydrogen (secondary N) is 1. The van der Waals surface area contributed by atoms with Gasteiger partial charge in [0.2, 0.25) is 10.0 Å². The largest absolute Gasteiger partial charge is 0.350 e. The van der Waals surface area contributed by atoms with Crippen molar-refractivity contribution in [3.8, 4) is 0 Å². The Kier molecular flexibility index (Phi) is 7.64. The molecular formula is C23H31N3O3S. The van der Waals surface area contributed by atoms with Crippen LogP contribution in [0.25, 0.3) is 0 Å². The predicted molar refractivity (Wildman–Crippen MR) is 119 cm³/mol. The van der Waals surface area contributed by atoms with Crippen molar-refractivity contribution in [2.75, 3.05) is 33.7 Å². The predicted octanol–water partition coefficient (Wildman–Crippen LogP) is 3.28. The third kappa shape index (κ3) is 5.47. The number of amides is 1. The molecule has 1 heterocycles. The van der Waals surface area contributed by atoms with Crippen LogP contribution in [0.1, 0.15) is 47.6 Å². The van der Waals surface area contributed by atoms with Gasteiger partial charge in [0.1, 0.15) is 0 Å². The standard InChI is InChI=1S/C23H31N3O3S/c1-25(2)22(19-10-6-5-7-11-19)18-24-23(27)20-12-14-21(15-13-20)30(28,29)26-16-8-3-4-9-17-26/h5-7,10-15,22H,3-4,8-9,16-18H2,1-2H3,(H,24,27). The molecule has 1 N–H and O–H groups in total. The van der Waals surface area contributed by atoms with Crippen molar-refractivity contribution >= 4 is 15.9 Å². The normalized spacial score (nSPS) is 16.8. The molecular weight excluding hydrogens is 398 g/mol. The maximum atomic E-state index is 12.9. The van der Waals surface area contributed by atoms with Crippen molar-refractivity contribution in [2.24, 2.45) is 0 Å². The van der Waals surface area contributed by atoms with E-state index in [0.717, 1.165) is 31.2 Å². The van der Waals surface area contributed by atoms with E-state index in [2.05, 4.69) is 10.2 Å². The molecule has 7 heteroatoms. The molecule has 2 aromatic rings. The molecule has 1 aliphatic heterocycles. The minimum absolute atomic E-state index is 0.0536. The second kappa shape index (κ2) is 10.2. The molecule has 0 saturated carbocycles. The van der Waals surface area contributed by atoms with Crippen LogP contribution >= 0.6 is 0 Å². The number of benzene rings is 2. The van der Waals surface area contributed by atoms with E-state index in [1.165, 1.54) is 12.1 Å². The lowest BCUT2D eigenvalue weighted by Gasteiger charge is -2.25. The van der Waals surface area contributed by atoms with Gasteiger partial charge in [-0.05, 0) is 56.8 Å². The van der Waals surface area contributed by atoms with Crippen LogP contribution < -0.4 is 5.32 Å². The van der Waals surface area contributed by atoms with E-state index in [1.54, 1.807) is 16.4 Å². The summed E-state index contributed by atoms with van der Waals surface area (Å²) in [7, 11) is 0.451. The number of likely N-dealkylation sites (N-methyl/N-ethyl adjacent to an activating group) is 1. The zero-order chi connectivity index (χ0) is 21.6. The van der Waals surface area contributed by atoms with Crippen molar-refractivity contribution in [3.05, 3.63) is 65.7 Å². The minimum Gasteiger partial charge on any atom is -0.350 e. The average Bonchev–Trinajstić information content (AvgIpc) is 3.04. The summed E-state index contributed by atoms with van der Waals surface area (Å²) in [5.41, 5.74) is 1.58. The molecule has 0 bridgehead atoms. The van der Waals surface area contributed by atoms with Gasteiger partial charge in [-0.3, -0.25) is 4.79 Å². The minimum atomic E-state index is -3.51. The fourth-order valence-electron chi connectivity index (χ4n) is 3.77. The van der Waals surface area contributed by atoms with Crippen LogP contribution in [0.4, 0.5) is 0 Å². The summed E-state index contributed by atoms with van der Waals surface area (Å²) in [6.45, 7) is 1.59. The van der Waals surface area contributed by atoms with Crippen LogP contribution in [0.15, 0.2) is 59.5 Å².